The van der Waals surface area contributed by atoms with E-state index in [1.807, 2.05) is 56.3 Å². The Labute approximate surface area is 144 Å². The van der Waals surface area contributed by atoms with E-state index in [0.29, 0.717) is 13.2 Å². The van der Waals surface area contributed by atoms with Gasteiger partial charge in [0.2, 0.25) is 0 Å². The fourth-order valence-corrected chi connectivity index (χ4v) is 2.48. The zero-order valence-corrected chi connectivity index (χ0v) is 14.9. The number of carbonyl (C=O) groups excluding carboxylic acids is 1. The van der Waals surface area contributed by atoms with Crippen molar-refractivity contribution in [2.75, 3.05) is 20.2 Å². The number of likely N-dealkylation sites (N-methyl/N-ethyl adjacent to an activating group) is 1. The molecule has 0 bridgehead atoms. The minimum atomic E-state index is -0.0988. The summed E-state index contributed by atoms with van der Waals surface area (Å²) < 4.78 is 5.67. The van der Waals surface area contributed by atoms with E-state index in [2.05, 4.69) is 18.3 Å². The largest absolute Gasteiger partial charge is 0.492 e. The molecule has 2 rings (SSSR count). The molecule has 0 aromatic heterocycles. The van der Waals surface area contributed by atoms with Gasteiger partial charge in [-0.2, -0.15) is 0 Å². The van der Waals surface area contributed by atoms with Crippen molar-refractivity contribution in [1.29, 1.82) is 0 Å². The van der Waals surface area contributed by atoms with Crippen LogP contribution in [0.3, 0.4) is 0 Å². The van der Waals surface area contributed by atoms with Crippen LogP contribution in [0.15, 0.2) is 48.5 Å². The number of amides is 2. The Morgan fingerprint density at radius 1 is 1.12 bits per heavy atom. The number of ether oxygens (including phenoxy) is 1. The van der Waals surface area contributed by atoms with Crippen molar-refractivity contribution in [3.8, 4) is 5.75 Å². The summed E-state index contributed by atoms with van der Waals surface area (Å²) in [6.07, 6.45) is 0. The van der Waals surface area contributed by atoms with Gasteiger partial charge in [-0.25, -0.2) is 4.79 Å². The Hall–Kier alpha value is -2.49. The molecule has 0 saturated carbocycles. The first kappa shape index (κ1) is 17.9. The van der Waals surface area contributed by atoms with Crippen LogP contribution in [-0.2, 0) is 0 Å². The third-order valence-corrected chi connectivity index (χ3v) is 4.06. The van der Waals surface area contributed by atoms with Gasteiger partial charge >= 0.3 is 6.03 Å². The van der Waals surface area contributed by atoms with E-state index in [9.17, 15) is 4.79 Å². The Balaban J connectivity index is 1.79. The minimum absolute atomic E-state index is 0.0285. The maximum atomic E-state index is 12.3. The van der Waals surface area contributed by atoms with E-state index in [0.717, 1.165) is 11.3 Å². The number of aryl methyl sites for hydroxylation is 2. The lowest BCUT2D eigenvalue weighted by molar-refractivity contribution is 0.192. The molecule has 0 aliphatic heterocycles. The molecule has 0 heterocycles. The fraction of sp³-hybridized carbons (Fsp3) is 0.350. The first-order valence-corrected chi connectivity index (χ1v) is 8.24. The number of urea groups is 1. The molecule has 0 spiro atoms. The average molecular weight is 326 g/mol. The number of nitrogens with zero attached hydrogens (tertiary/aromatic N) is 1. The molecule has 2 aromatic carbocycles. The van der Waals surface area contributed by atoms with E-state index in [1.165, 1.54) is 11.1 Å². The molecule has 0 radical (unpaired) electrons. The first-order valence-electron chi connectivity index (χ1n) is 8.24. The molecule has 128 valence electrons. The molecule has 2 aromatic rings. The summed E-state index contributed by atoms with van der Waals surface area (Å²) >= 11 is 0. The number of hydrogen-bond donors (Lipinski definition) is 1. The molecule has 4 nitrogen and oxygen atoms in total. The average Bonchev–Trinajstić information content (AvgIpc) is 2.56. The molecule has 0 aliphatic carbocycles. The highest BCUT2D eigenvalue weighted by Crippen LogP contribution is 2.16. The molecular weight excluding hydrogens is 300 g/mol. The van der Waals surface area contributed by atoms with Crippen molar-refractivity contribution in [1.82, 2.24) is 10.2 Å². The molecule has 0 fully saturated rings. The predicted octanol–water partition coefficient (Wildman–Crippen LogP) is 4.08. The number of hydrogen-bond acceptors (Lipinski definition) is 2. The van der Waals surface area contributed by atoms with Gasteiger partial charge in [0.15, 0.2) is 0 Å². The third kappa shape index (κ3) is 5.01. The Morgan fingerprint density at radius 2 is 1.79 bits per heavy atom. The summed E-state index contributed by atoms with van der Waals surface area (Å²) in [5, 5.41) is 3.02. The van der Waals surface area contributed by atoms with Crippen molar-refractivity contribution in [2.24, 2.45) is 0 Å². The van der Waals surface area contributed by atoms with E-state index < -0.39 is 0 Å². The highest BCUT2D eigenvalue weighted by molar-refractivity contribution is 5.74. The first-order chi connectivity index (χ1) is 11.5. The highest BCUT2D eigenvalue weighted by Gasteiger charge is 2.14. The van der Waals surface area contributed by atoms with Crippen molar-refractivity contribution < 1.29 is 9.53 Å². The van der Waals surface area contributed by atoms with Crippen LogP contribution >= 0.6 is 0 Å². The van der Waals surface area contributed by atoms with Crippen LogP contribution in [0.4, 0.5) is 4.79 Å². The van der Waals surface area contributed by atoms with E-state index in [1.54, 1.807) is 11.9 Å². The van der Waals surface area contributed by atoms with Crippen molar-refractivity contribution in [2.45, 2.75) is 26.8 Å². The van der Waals surface area contributed by atoms with Crippen LogP contribution in [-0.4, -0.2) is 31.1 Å². The van der Waals surface area contributed by atoms with Crippen LogP contribution in [0.5, 0.6) is 5.75 Å². The van der Waals surface area contributed by atoms with Crippen LogP contribution < -0.4 is 10.1 Å². The number of nitrogens with one attached hydrogen (secondary N) is 1. The Morgan fingerprint density at radius 3 is 2.46 bits per heavy atom. The van der Waals surface area contributed by atoms with Crippen molar-refractivity contribution in [3.63, 3.8) is 0 Å². The van der Waals surface area contributed by atoms with Gasteiger partial charge in [-0.05, 0) is 44.0 Å². The molecule has 0 aliphatic rings. The molecule has 24 heavy (non-hydrogen) atoms. The SMILES string of the molecule is Cc1ccc(OCCN(C)C(=O)NC(C)c2ccccc2C)cc1. The molecule has 1 unspecified atom stereocenters. The summed E-state index contributed by atoms with van der Waals surface area (Å²) in [6.45, 7) is 7.08. The summed E-state index contributed by atoms with van der Waals surface area (Å²) in [4.78, 5) is 13.9. The van der Waals surface area contributed by atoms with Gasteiger partial charge in [-0.3, -0.25) is 0 Å². The lowest BCUT2D eigenvalue weighted by Gasteiger charge is -2.22. The van der Waals surface area contributed by atoms with Crippen LogP contribution in [0, 0.1) is 13.8 Å². The van der Waals surface area contributed by atoms with Crippen LogP contribution in [0.25, 0.3) is 0 Å². The van der Waals surface area contributed by atoms with E-state index in [4.69, 9.17) is 4.74 Å². The molecule has 1 atom stereocenters. The fourth-order valence-electron chi connectivity index (χ4n) is 2.48. The zero-order chi connectivity index (χ0) is 17.5. The Kier molecular flexibility index (Phi) is 6.24. The summed E-state index contributed by atoms with van der Waals surface area (Å²) in [5.41, 5.74) is 3.51. The molecule has 0 saturated heterocycles. The lowest BCUT2D eigenvalue weighted by Crippen LogP contribution is -2.40. The molecule has 2 amide bonds. The van der Waals surface area contributed by atoms with E-state index in [-0.39, 0.29) is 12.1 Å². The number of benzene rings is 2. The molecule has 1 N–H and O–H groups in total. The van der Waals surface area contributed by atoms with E-state index >= 15 is 0 Å². The van der Waals surface area contributed by atoms with Gasteiger partial charge in [0.05, 0.1) is 12.6 Å². The summed E-state index contributed by atoms with van der Waals surface area (Å²) in [5.74, 6) is 0.822. The third-order valence-electron chi connectivity index (χ3n) is 4.06. The minimum Gasteiger partial charge on any atom is -0.492 e. The van der Waals surface area contributed by atoms with Crippen molar-refractivity contribution in [3.05, 3.63) is 65.2 Å². The van der Waals surface area contributed by atoms with Gasteiger partial charge in [0.25, 0.3) is 0 Å². The normalized spacial score (nSPS) is 11.7. The van der Waals surface area contributed by atoms with Gasteiger partial charge in [-0.15, -0.1) is 0 Å². The molecule has 4 heteroatoms. The Bertz CT molecular complexity index is 668. The quantitative estimate of drug-likeness (QED) is 0.869. The van der Waals surface area contributed by atoms with Crippen LogP contribution in [0.1, 0.15) is 29.7 Å². The second kappa shape index (κ2) is 8.39. The highest BCUT2D eigenvalue weighted by atomic mass is 16.5. The molecular formula is C20H26N2O2. The standard InChI is InChI=1S/C20H26N2O2/c1-15-9-11-18(12-10-15)24-14-13-22(4)20(23)21-17(3)19-8-6-5-7-16(19)2/h5-12,17H,13-14H2,1-4H3,(H,21,23). The monoisotopic (exact) mass is 326 g/mol. The van der Waals surface area contributed by atoms with Crippen molar-refractivity contribution >= 4 is 6.03 Å². The summed E-state index contributed by atoms with van der Waals surface area (Å²) in [6, 6.07) is 15.9. The van der Waals surface area contributed by atoms with Gasteiger partial charge in [0.1, 0.15) is 12.4 Å². The topological polar surface area (TPSA) is 41.6 Å². The van der Waals surface area contributed by atoms with Crippen LogP contribution in [0.2, 0.25) is 0 Å². The maximum Gasteiger partial charge on any atom is 0.317 e. The zero-order valence-electron chi connectivity index (χ0n) is 14.9. The van der Waals surface area contributed by atoms with Gasteiger partial charge in [0, 0.05) is 7.05 Å². The summed E-state index contributed by atoms with van der Waals surface area (Å²) in [7, 11) is 1.78. The predicted molar refractivity (Wildman–Crippen MR) is 97.4 cm³/mol. The lowest BCUT2D eigenvalue weighted by atomic mass is 10.0. The van der Waals surface area contributed by atoms with Gasteiger partial charge < -0.3 is 15.0 Å². The second-order valence-corrected chi connectivity index (χ2v) is 6.11. The van der Waals surface area contributed by atoms with Gasteiger partial charge in [-0.1, -0.05) is 42.0 Å². The maximum absolute atomic E-state index is 12.3. The number of rotatable bonds is 6. The number of carbonyl (C=O) groups is 1. The smallest absolute Gasteiger partial charge is 0.317 e. The second-order valence-electron chi connectivity index (χ2n) is 6.11.